The molecule has 0 aromatic rings. The summed E-state index contributed by atoms with van der Waals surface area (Å²) in [5.74, 6) is -1.04. The van der Waals surface area contributed by atoms with Crippen molar-refractivity contribution in [3.8, 4) is 0 Å². The number of hydrogen-bond acceptors (Lipinski definition) is 4. The minimum absolute atomic E-state index is 0.183. The lowest BCUT2D eigenvalue weighted by molar-refractivity contribution is -0.160. The summed E-state index contributed by atoms with van der Waals surface area (Å²) < 4.78 is 10.4. The summed E-state index contributed by atoms with van der Waals surface area (Å²) in [5.41, 5.74) is -1.12. The van der Waals surface area contributed by atoms with E-state index in [1.165, 1.54) is 0 Å². The first kappa shape index (κ1) is 17.7. The van der Waals surface area contributed by atoms with E-state index in [1.54, 1.807) is 41.5 Å². The summed E-state index contributed by atoms with van der Waals surface area (Å²) >= 11 is 0. The predicted octanol–water partition coefficient (Wildman–Crippen LogP) is 2.17. The molecule has 0 saturated carbocycles. The smallest absolute Gasteiger partial charge is 0.407 e. The van der Waals surface area contributed by atoms with Crippen molar-refractivity contribution in [1.29, 1.82) is 0 Å². The Hall–Kier alpha value is -1.30. The number of ether oxygens (including phenoxy) is 2. The quantitative estimate of drug-likeness (QED) is 0.803. The molecule has 2 N–H and O–H groups in total. The van der Waals surface area contributed by atoms with E-state index in [0.29, 0.717) is 0 Å². The second-order valence-electron chi connectivity index (χ2n) is 6.27. The van der Waals surface area contributed by atoms with Gasteiger partial charge in [0.15, 0.2) is 6.10 Å². The molecule has 19 heavy (non-hydrogen) atoms. The van der Waals surface area contributed by atoms with E-state index in [2.05, 4.69) is 5.32 Å². The number of carbonyl (C=O) groups excluding carboxylic acids is 1. The summed E-state index contributed by atoms with van der Waals surface area (Å²) in [5, 5.41) is 11.5. The first-order valence-corrected chi connectivity index (χ1v) is 6.28. The van der Waals surface area contributed by atoms with Crippen molar-refractivity contribution in [3.63, 3.8) is 0 Å². The third-order valence-electron chi connectivity index (χ3n) is 1.85. The third-order valence-corrected chi connectivity index (χ3v) is 1.85. The SMILES string of the molecule is CC(C)(C)OC(=O)NCC[C@H](OC(C)(C)C)C(=O)O. The number of hydrogen-bond donors (Lipinski definition) is 2. The Morgan fingerprint density at radius 2 is 1.63 bits per heavy atom. The molecule has 0 aliphatic heterocycles. The van der Waals surface area contributed by atoms with Crippen molar-refractivity contribution in [2.24, 2.45) is 0 Å². The van der Waals surface area contributed by atoms with Gasteiger partial charge < -0.3 is 19.9 Å². The van der Waals surface area contributed by atoms with Gasteiger partial charge in [-0.1, -0.05) is 0 Å². The van der Waals surface area contributed by atoms with Crippen LogP contribution in [0.15, 0.2) is 0 Å². The summed E-state index contributed by atoms with van der Waals surface area (Å²) in [4.78, 5) is 22.4. The Bertz CT molecular complexity index is 314. The van der Waals surface area contributed by atoms with Crippen LogP contribution in [0.5, 0.6) is 0 Å². The lowest BCUT2D eigenvalue weighted by atomic mass is 10.1. The van der Waals surface area contributed by atoms with Gasteiger partial charge >= 0.3 is 12.1 Å². The second kappa shape index (κ2) is 6.75. The number of carbonyl (C=O) groups is 2. The molecule has 0 unspecified atom stereocenters. The first-order valence-electron chi connectivity index (χ1n) is 6.28. The minimum atomic E-state index is -1.04. The molecule has 0 aromatic heterocycles. The molecule has 0 heterocycles. The highest BCUT2D eigenvalue weighted by Gasteiger charge is 2.25. The van der Waals surface area contributed by atoms with Crippen LogP contribution in [0.4, 0.5) is 4.79 Å². The van der Waals surface area contributed by atoms with Gasteiger partial charge in [0.25, 0.3) is 0 Å². The van der Waals surface area contributed by atoms with Gasteiger partial charge in [-0.15, -0.1) is 0 Å². The fourth-order valence-electron chi connectivity index (χ4n) is 1.28. The maximum absolute atomic E-state index is 11.4. The van der Waals surface area contributed by atoms with Crippen LogP contribution >= 0.6 is 0 Å². The zero-order chi connectivity index (χ0) is 15.3. The third kappa shape index (κ3) is 10.3. The van der Waals surface area contributed by atoms with E-state index in [0.717, 1.165) is 0 Å². The zero-order valence-electron chi connectivity index (χ0n) is 12.6. The molecule has 6 nitrogen and oxygen atoms in total. The fraction of sp³-hybridized carbons (Fsp3) is 0.846. The number of rotatable bonds is 5. The molecule has 0 aliphatic carbocycles. The fourth-order valence-corrected chi connectivity index (χ4v) is 1.28. The van der Waals surface area contributed by atoms with Crippen LogP contribution in [0.3, 0.4) is 0 Å². The Kier molecular flexibility index (Phi) is 6.29. The van der Waals surface area contributed by atoms with Crippen molar-refractivity contribution in [3.05, 3.63) is 0 Å². The van der Waals surface area contributed by atoms with Crippen molar-refractivity contribution >= 4 is 12.1 Å². The number of amides is 1. The van der Waals surface area contributed by atoms with Crippen LogP contribution in [0, 0.1) is 0 Å². The van der Waals surface area contributed by atoms with Crippen LogP contribution in [0.25, 0.3) is 0 Å². The first-order chi connectivity index (χ1) is 8.41. The van der Waals surface area contributed by atoms with Crippen LogP contribution in [0.1, 0.15) is 48.0 Å². The number of alkyl carbamates (subject to hydrolysis) is 1. The summed E-state index contributed by atoms with van der Waals surface area (Å²) in [6, 6.07) is 0. The summed E-state index contributed by atoms with van der Waals surface area (Å²) in [7, 11) is 0. The number of aliphatic carboxylic acids is 1. The molecule has 0 aliphatic rings. The standard InChI is InChI=1S/C13H25NO5/c1-12(2,3)18-9(10(15)16)7-8-14-11(17)19-13(4,5)6/h9H,7-8H2,1-6H3,(H,14,17)(H,15,16)/t9-/m0/s1. The highest BCUT2D eigenvalue weighted by Crippen LogP contribution is 2.13. The summed E-state index contributed by atoms with van der Waals surface area (Å²) in [6.45, 7) is 10.8. The summed E-state index contributed by atoms with van der Waals surface area (Å²) in [6.07, 6.45) is -1.33. The van der Waals surface area contributed by atoms with Crippen molar-refractivity contribution in [2.75, 3.05) is 6.54 Å². The van der Waals surface area contributed by atoms with E-state index in [4.69, 9.17) is 14.6 Å². The van der Waals surface area contributed by atoms with Gasteiger partial charge in [-0.3, -0.25) is 0 Å². The molecule has 0 bridgehead atoms. The Balaban J connectivity index is 4.14. The second-order valence-corrected chi connectivity index (χ2v) is 6.27. The van der Waals surface area contributed by atoms with Crippen molar-refractivity contribution in [2.45, 2.75) is 65.3 Å². The van der Waals surface area contributed by atoms with Gasteiger partial charge in [-0.2, -0.15) is 0 Å². The maximum Gasteiger partial charge on any atom is 0.407 e. The van der Waals surface area contributed by atoms with Gasteiger partial charge in [0, 0.05) is 13.0 Å². The van der Waals surface area contributed by atoms with E-state index in [9.17, 15) is 9.59 Å². The molecule has 0 spiro atoms. The normalized spacial score (nSPS) is 13.8. The Morgan fingerprint density at radius 3 is 2.00 bits per heavy atom. The molecule has 0 radical (unpaired) electrons. The molecular weight excluding hydrogens is 250 g/mol. The molecule has 112 valence electrons. The van der Waals surface area contributed by atoms with E-state index >= 15 is 0 Å². The van der Waals surface area contributed by atoms with Gasteiger partial charge in [0.1, 0.15) is 5.60 Å². The van der Waals surface area contributed by atoms with E-state index < -0.39 is 29.4 Å². The molecule has 6 heteroatoms. The van der Waals surface area contributed by atoms with E-state index in [-0.39, 0.29) is 13.0 Å². The lowest BCUT2D eigenvalue weighted by Gasteiger charge is -2.25. The number of carboxylic acid groups (broad SMARTS) is 1. The number of nitrogens with one attached hydrogen (secondary N) is 1. The maximum atomic E-state index is 11.4. The molecular formula is C13H25NO5. The molecule has 0 rings (SSSR count). The highest BCUT2D eigenvalue weighted by atomic mass is 16.6. The van der Waals surface area contributed by atoms with Crippen LogP contribution in [0.2, 0.25) is 0 Å². The lowest BCUT2D eigenvalue weighted by Crippen LogP contribution is -2.38. The molecule has 1 atom stereocenters. The van der Waals surface area contributed by atoms with Crippen molar-refractivity contribution in [1.82, 2.24) is 5.32 Å². The number of carboxylic acids is 1. The van der Waals surface area contributed by atoms with Gasteiger partial charge in [-0.05, 0) is 41.5 Å². The molecule has 1 amide bonds. The Morgan fingerprint density at radius 1 is 1.11 bits per heavy atom. The molecule has 0 fully saturated rings. The van der Waals surface area contributed by atoms with Crippen LogP contribution in [-0.4, -0.2) is 41.0 Å². The Labute approximate surface area is 114 Å². The monoisotopic (exact) mass is 275 g/mol. The average molecular weight is 275 g/mol. The van der Waals surface area contributed by atoms with Gasteiger partial charge in [-0.25, -0.2) is 9.59 Å². The molecule has 0 saturated heterocycles. The van der Waals surface area contributed by atoms with Gasteiger partial charge in [0.2, 0.25) is 0 Å². The zero-order valence-corrected chi connectivity index (χ0v) is 12.6. The largest absolute Gasteiger partial charge is 0.479 e. The van der Waals surface area contributed by atoms with E-state index in [1.807, 2.05) is 0 Å². The topological polar surface area (TPSA) is 84.9 Å². The average Bonchev–Trinajstić information content (AvgIpc) is 2.10. The predicted molar refractivity (Wildman–Crippen MR) is 71.1 cm³/mol. The van der Waals surface area contributed by atoms with Crippen LogP contribution in [-0.2, 0) is 14.3 Å². The van der Waals surface area contributed by atoms with Crippen LogP contribution < -0.4 is 5.32 Å². The van der Waals surface area contributed by atoms with Gasteiger partial charge in [0.05, 0.1) is 5.60 Å². The molecule has 0 aromatic carbocycles. The highest BCUT2D eigenvalue weighted by molar-refractivity contribution is 5.72. The minimum Gasteiger partial charge on any atom is -0.479 e. The van der Waals surface area contributed by atoms with Crippen molar-refractivity contribution < 1.29 is 24.2 Å².